The first kappa shape index (κ1) is 11.7. The summed E-state index contributed by atoms with van der Waals surface area (Å²) in [5.74, 6) is 0. The van der Waals surface area contributed by atoms with Gasteiger partial charge in [-0.05, 0) is 45.0 Å². The number of nitrogens with zero attached hydrogens (tertiary/aromatic N) is 2. The molecule has 3 nitrogen and oxygen atoms in total. The van der Waals surface area contributed by atoms with Crippen LogP contribution in [-0.2, 0) is 13.6 Å². The van der Waals surface area contributed by atoms with Crippen LogP contribution < -0.4 is 5.32 Å². The molecule has 2 unspecified atom stereocenters. The number of hydrogen-bond donors (Lipinski definition) is 1. The lowest BCUT2D eigenvalue weighted by atomic mass is 9.99. The molecule has 3 heteroatoms. The van der Waals surface area contributed by atoms with Crippen molar-refractivity contribution in [3.05, 3.63) is 24.0 Å². The first-order valence-corrected chi connectivity index (χ1v) is 6.19. The van der Waals surface area contributed by atoms with Gasteiger partial charge in [0.25, 0.3) is 0 Å². The van der Waals surface area contributed by atoms with Crippen molar-refractivity contribution in [3.8, 4) is 0 Å². The van der Waals surface area contributed by atoms with Crippen molar-refractivity contribution in [2.75, 3.05) is 13.6 Å². The second-order valence-corrected chi connectivity index (χ2v) is 5.12. The number of piperidine rings is 1. The fraction of sp³-hybridized carbons (Fsp3) is 0.692. The summed E-state index contributed by atoms with van der Waals surface area (Å²) in [4.78, 5) is 2.45. The van der Waals surface area contributed by atoms with E-state index >= 15 is 0 Å². The van der Waals surface area contributed by atoms with Crippen LogP contribution >= 0.6 is 0 Å². The fourth-order valence-electron chi connectivity index (χ4n) is 2.40. The number of aryl methyl sites for hydroxylation is 1. The van der Waals surface area contributed by atoms with E-state index in [2.05, 4.69) is 54.3 Å². The summed E-state index contributed by atoms with van der Waals surface area (Å²) in [5, 5.41) is 3.66. The average molecular weight is 221 g/mol. The molecule has 1 N–H and O–H groups in total. The predicted octanol–water partition coefficient (Wildman–Crippen LogP) is 1.60. The van der Waals surface area contributed by atoms with Crippen LogP contribution in [0.25, 0.3) is 0 Å². The summed E-state index contributed by atoms with van der Waals surface area (Å²) in [6, 6.07) is 3.58. The molecule has 16 heavy (non-hydrogen) atoms. The van der Waals surface area contributed by atoms with Crippen LogP contribution in [0.15, 0.2) is 18.5 Å². The van der Waals surface area contributed by atoms with Crippen molar-refractivity contribution in [1.29, 1.82) is 0 Å². The lowest BCUT2D eigenvalue weighted by Gasteiger charge is -2.35. The van der Waals surface area contributed by atoms with Crippen LogP contribution in [0.1, 0.15) is 25.3 Å². The van der Waals surface area contributed by atoms with Crippen LogP contribution in [0.3, 0.4) is 0 Å². The Morgan fingerprint density at radius 2 is 2.25 bits per heavy atom. The van der Waals surface area contributed by atoms with E-state index < -0.39 is 0 Å². The monoisotopic (exact) mass is 221 g/mol. The van der Waals surface area contributed by atoms with Gasteiger partial charge >= 0.3 is 0 Å². The molecule has 1 aliphatic rings. The van der Waals surface area contributed by atoms with Crippen molar-refractivity contribution < 1.29 is 0 Å². The Morgan fingerprint density at radius 3 is 2.88 bits per heavy atom. The zero-order valence-electron chi connectivity index (χ0n) is 10.6. The van der Waals surface area contributed by atoms with E-state index in [1.165, 1.54) is 24.9 Å². The number of aromatic nitrogens is 1. The second-order valence-electron chi connectivity index (χ2n) is 5.12. The summed E-state index contributed by atoms with van der Waals surface area (Å²) in [5.41, 5.74) is 1.38. The highest BCUT2D eigenvalue weighted by molar-refractivity contribution is 5.09. The molecule has 0 bridgehead atoms. The molecule has 0 aliphatic carbocycles. The maximum atomic E-state index is 3.66. The smallest absolute Gasteiger partial charge is 0.0223 e. The maximum Gasteiger partial charge on any atom is 0.0223 e. The topological polar surface area (TPSA) is 20.2 Å². The molecule has 1 fully saturated rings. The molecule has 2 heterocycles. The molecule has 0 saturated carbocycles. The Bertz CT molecular complexity index is 332. The molecule has 0 aromatic carbocycles. The first-order valence-electron chi connectivity index (χ1n) is 6.19. The Kier molecular flexibility index (Phi) is 3.66. The Morgan fingerprint density at radius 1 is 1.44 bits per heavy atom. The van der Waals surface area contributed by atoms with E-state index in [0.29, 0.717) is 12.1 Å². The molecule has 1 aliphatic heterocycles. The van der Waals surface area contributed by atoms with Gasteiger partial charge in [-0.1, -0.05) is 0 Å². The minimum Gasteiger partial charge on any atom is -0.357 e. The van der Waals surface area contributed by atoms with Gasteiger partial charge in [0.2, 0.25) is 0 Å². The summed E-state index contributed by atoms with van der Waals surface area (Å²) in [7, 11) is 4.29. The largest absolute Gasteiger partial charge is 0.357 e. The van der Waals surface area contributed by atoms with E-state index in [4.69, 9.17) is 0 Å². The van der Waals surface area contributed by atoms with Crippen molar-refractivity contribution in [2.24, 2.45) is 7.05 Å². The molecule has 90 valence electrons. The molecule has 0 spiro atoms. The van der Waals surface area contributed by atoms with Gasteiger partial charge < -0.3 is 14.8 Å². The van der Waals surface area contributed by atoms with Crippen LogP contribution in [0.4, 0.5) is 0 Å². The SMILES string of the molecule is CC1CC(NCc2ccn(C)c2)CCN1C. The molecule has 1 aromatic heterocycles. The molecule has 0 radical (unpaired) electrons. The minimum atomic E-state index is 0.686. The standard InChI is InChI=1S/C13H23N3/c1-11-8-13(5-7-16(11)3)14-9-12-4-6-15(2)10-12/h4,6,10-11,13-14H,5,7-9H2,1-3H3. The summed E-state index contributed by atoms with van der Waals surface area (Å²) in [6.45, 7) is 4.53. The molecule has 1 aromatic rings. The number of likely N-dealkylation sites (tertiary alicyclic amines) is 1. The van der Waals surface area contributed by atoms with Gasteiger partial charge in [0.05, 0.1) is 0 Å². The van der Waals surface area contributed by atoms with E-state index in [0.717, 1.165) is 6.54 Å². The van der Waals surface area contributed by atoms with Crippen molar-refractivity contribution in [2.45, 2.75) is 38.4 Å². The lowest BCUT2D eigenvalue weighted by Crippen LogP contribution is -2.45. The summed E-state index contributed by atoms with van der Waals surface area (Å²) < 4.78 is 2.11. The van der Waals surface area contributed by atoms with E-state index in [1.807, 2.05) is 0 Å². The number of rotatable bonds is 3. The summed E-state index contributed by atoms with van der Waals surface area (Å²) >= 11 is 0. The zero-order valence-corrected chi connectivity index (χ0v) is 10.6. The highest BCUT2D eigenvalue weighted by atomic mass is 15.1. The lowest BCUT2D eigenvalue weighted by molar-refractivity contribution is 0.168. The normalized spacial score (nSPS) is 27.2. The van der Waals surface area contributed by atoms with E-state index in [1.54, 1.807) is 0 Å². The number of nitrogens with one attached hydrogen (secondary N) is 1. The zero-order chi connectivity index (χ0) is 11.5. The molecular weight excluding hydrogens is 198 g/mol. The van der Waals surface area contributed by atoms with Gasteiger partial charge in [0.15, 0.2) is 0 Å². The van der Waals surface area contributed by atoms with Crippen LogP contribution in [0.5, 0.6) is 0 Å². The molecule has 0 amide bonds. The third-order valence-electron chi connectivity index (χ3n) is 3.70. The fourth-order valence-corrected chi connectivity index (χ4v) is 2.40. The van der Waals surface area contributed by atoms with E-state index in [9.17, 15) is 0 Å². The third kappa shape index (κ3) is 2.86. The first-order chi connectivity index (χ1) is 7.65. The van der Waals surface area contributed by atoms with Gasteiger partial charge in [-0.25, -0.2) is 0 Å². The second kappa shape index (κ2) is 5.02. The minimum absolute atomic E-state index is 0.686. The van der Waals surface area contributed by atoms with Crippen LogP contribution in [0, 0.1) is 0 Å². The number of hydrogen-bond acceptors (Lipinski definition) is 2. The Labute approximate surface area is 98.4 Å². The highest BCUT2D eigenvalue weighted by Crippen LogP contribution is 2.15. The van der Waals surface area contributed by atoms with Gasteiger partial charge in [-0.3, -0.25) is 0 Å². The Balaban J connectivity index is 1.78. The summed E-state index contributed by atoms with van der Waals surface area (Å²) in [6.07, 6.45) is 6.83. The molecule has 2 rings (SSSR count). The van der Waals surface area contributed by atoms with Gasteiger partial charge in [0, 0.05) is 38.1 Å². The Hall–Kier alpha value is -0.800. The predicted molar refractivity (Wildman–Crippen MR) is 67.4 cm³/mol. The molecule has 1 saturated heterocycles. The molecule has 2 atom stereocenters. The van der Waals surface area contributed by atoms with Crippen LogP contribution in [0.2, 0.25) is 0 Å². The van der Waals surface area contributed by atoms with Crippen molar-refractivity contribution in [1.82, 2.24) is 14.8 Å². The van der Waals surface area contributed by atoms with Gasteiger partial charge in [-0.15, -0.1) is 0 Å². The van der Waals surface area contributed by atoms with Crippen molar-refractivity contribution >= 4 is 0 Å². The highest BCUT2D eigenvalue weighted by Gasteiger charge is 2.21. The van der Waals surface area contributed by atoms with Crippen LogP contribution in [-0.4, -0.2) is 35.1 Å². The third-order valence-corrected chi connectivity index (χ3v) is 3.70. The molecular formula is C13H23N3. The van der Waals surface area contributed by atoms with Gasteiger partial charge in [0.1, 0.15) is 0 Å². The van der Waals surface area contributed by atoms with Gasteiger partial charge in [-0.2, -0.15) is 0 Å². The quantitative estimate of drug-likeness (QED) is 0.836. The maximum absolute atomic E-state index is 3.66. The van der Waals surface area contributed by atoms with Crippen molar-refractivity contribution in [3.63, 3.8) is 0 Å². The van der Waals surface area contributed by atoms with E-state index in [-0.39, 0.29) is 0 Å². The average Bonchev–Trinajstić information content (AvgIpc) is 2.66.